The Hall–Kier alpha value is -1.96. The fourth-order valence-electron chi connectivity index (χ4n) is 4.32. The van der Waals surface area contributed by atoms with Gasteiger partial charge in [0.25, 0.3) is 0 Å². The minimum Gasteiger partial charge on any atom is -0.481 e. The van der Waals surface area contributed by atoms with Crippen LogP contribution in [0.15, 0.2) is 29.3 Å². The molecule has 0 aliphatic heterocycles. The van der Waals surface area contributed by atoms with Crippen LogP contribution in [0.2, 0.25) is 0 Å². The molecule has 132 valence electrons. The van der Waals surface area contributed by atoms with E-state index in [4.69, 9.17) is 0 Å². The van der Waals surface area contributed by atoms with Gasteiger partial charge in [-0.25, -0.2) is 9.97 Å². The Bertz CT molecular complexity index is 790. The standard InChI is InChI=1S/C17H18BrFN4O2/c18-17-21-14(12(19)15(22-17)23-7-1-2-8-23)20-13-10-5-3-9(4-6-10)11(13)16(24)25/h1-2,7-11,13H,3-6H2,(H,24,25)(H,20,21,22). The van der Waals surface area contributed by atoms with E-state index in [1.54, 1.807) is 29.1 Å². The van der Waals surface area contributed by atoms with Crippen LogP contribution in [0.4, 0.5) is 10.2 Å². The van der Waals surface area contributed by atoms with E-state index in [-0.39, 0.29) is 34.2 Å². The number of nitrogens with one attached hydrogen (secondary N) is 1. The summed E-state index contributed by atoms with van der Waals surface area (Å²) in [7, 11) is 0. The molecular formula is C17H18BrFN4O2. The molecule has 0 radical (unpaired) electrons. The summed E-state index contributed by atoms with van der Waals surface area (Å²) in [6.45, 7) is 0. The van der Waals surface area contributed by atoms with Gasteiger partial charge in [0.2, 0.25) is 10.6 Å². The van der Waals surface area contributed by atoms with Crippen LogP contribution in [0, 0.1) is 23.6 Å². The fourth-order valence-corrected chi connectivity index (χ4v) is 4.67. The van der Waals surface area contributed by atoms with Gasteiger partial charge in [-0.05, 0) is 65.6 Å². The van der Waals surface area contributed by atoms with Gasteiger partial charge in [0.15, 0.2) is 11.6 Å². The van der Waals surface area contributed by atoms with E-state index in [1.165, 1.54) is 0 Å². The summed E-state index contributed by atoms with van der Waals surface area (Å²) in [5, 5.41) is 12.8. The molecule has 2 unspecified atom stereocenters. The van der Waals surface area contributed by atoms with E-state index >= 15 is 0 Å². The number of carbonyl (C=O) groups is 1. The number of fused-ring (bicyclic) bond motifs is 3. The van der Waals surface area contributed by atoms with Crippen LogP contribution in [0.3, 0.4) is 0 Å². The third-order valence-electron chi connectivity index (χ3n) is 5.46. The molecule has 3 fully saturated rings. The third-order valence-corrected chi connectivity index (χ3v) is 5.82. The number of nitrogens with zero attached hydrogens (tertiary/aromatic N) is 3. The molecule has 2 aromatic heterocycles. The van der Waals surface area contributed by atoms with Gasteiger partial charge in [-0.15, -0.1) is 0 Å². The van der Waals surface area contributed by atoms with E-state index in [2.05, 4.69) is 31.2 Å². The molecule has 2 heterocycles. The first-order valence-electron chi connectivity index (χ1n) is 8.40. The van der Waals surface area contributed by atoms with Gasteiger partial charge in [0.05, 0.1) is 5.92 Å². The van der Waals surface area contributed by atoms with Gasteiger partial charge in [-0.2, -0.15) is 4.39 Å². The lowest BCUT2D eigenvalue weighted by Crippen LogP contribution is -2.51. The monoisotopic (exact) mass is 408 g/mol. The highest BCUT2D eigenvalue weighted by Gasteiger charge is 2.47. The van der Waals surface area contributed by atoms with Crippen molar-refractivity contribution >= 4 is 27.7 Å². The predicted octanol–water partition coefficient (Wildman–Crippen LogP) is 3.47. The third kappa shape index (κ3) is 2.92. The molecule has 3 aliphatic rings. The summed E-state index contributed by atoms with van der Waals surface area (Å²) in [5.41, 5.74) is 0. The van der Waals surface area contributed by atoms with Crippen molar-refractivity contribution in [2.45, 2.75) is 31.7 Å². The molecule has 8 heteroatoms. The Labute approximate surface area is 152 Å². The van der Waals surface area contributed by atoms with Crippen molar-refractivity contribution in [3.8, 4) is 5.82 Å². The highest BCUT2D eigenvalue weighted by Crippen LogP contribution is 2.46. The van der Waals surface area contributed by atoms with Gasteiger partial charge >= 0.3 is 5.97 Å². The topological polar surface area (TPSA) is 80.0 Å². The van der Waals surface area contributed by atoms with Crippen LogP contribution in [0.25, 0.3) is 5.82 Å². The maximum atomic E-state index is 15.0. The van der Waals surface area contributed by atoms with Crippen molar-refractivity contribution in [3.63, 3.8) is 0 Å². The number of hydrogen-bond donors (Lipinski definition) is 2. The number of hydrogen-bond acceptors (Lipinski definition) is 4. The average molecular weight is 409 g/mol. The Morgan fingerprint density at radius 3 is 2.48 bits per heavy atom. The zero-order valence-electron chi connectivity index (χ0n) is 13.4. The molecule has 3 saturated carbocycles. The van der Waals surface area contributed by atoms with Gasteiger partial charge in [-0.3, -0.25) is 4.79 Å². The first-order chi connectivity index (χ1) is 12.0. The smallest absolute Gasteiger partial charge is 0.308 e. The number of carboxylic acids is 1. The van der Waals surface area contributed by atoms with Crippen LogP contribution in [0.5, 0.6) is 0 Å². The number of aliphatic carboxylic acids is 1. The second-order valence-corrected chi connectivity index (χ2v) is 7.49. The van der Waals surface area contributed by atoms with Gasteiger partial charge in [0, 0.05) is 18.4 Å². The summed E-state index contributed by atoms with van der Waals surface area (Å²) in [6, 6.07) is 3.26. The lowest BCUT2D eigenvalue weighted by molar-refractivity contribution is -0.148. The van der Waals surface area contributed by atoms with Crippen molar-refractivity contribution in [2.75, 3.05) is 5.32 Å². The maximum absolute atomic E-state index is 15.0. The van der Waals surface area contributed by atoms with Gasteiger partial charge < -0.3 is 15.0 Å². The number of carboxylic acid groups (broad SMARTS) is 1. The zero-order chi connectivity index (χ0) is 17.6. The molecule has 3 aliphatic carbocycles. The van der Waals surface area contributed by atoms with Crippen LogP contribution in [-0.2, 0) is 4.79 Å². The minimum atomic E-state index is -0.814. The number of anilines is 1. The Balaban J connectivity index is 1.69. The van der Waals surface area contributed by atoms with E-state index < -0.39 is 17.7 Å². The molecule has 5 rings (SSSR count). The molecule has 2 aromatic rings. The van der Waals surface area contributed by atoms with E-state index in [0.29, 0.717) is 0 Å². The average Bonchev–Trinajstić information content (AvgIpc) is 3.12. The Morgan fingerprint density at radius 1 is 1.20 bits per heavy atom. The molecule has 2 N–H and O–H groups in total. The number of halogens is 2. The molecule has 0 saturated heterocycles. The SMILES string of the molecule is O=C(O)C1C2CCC(CC2)C1Nc1nc(Br)nc(-n2cccc2)c1F. The molecular weight excluding hydrogens is 391 g/mol. The molecule has 0 spiro atoms. The van der Waals surface area contributed by atoms with Crippen LogP contribution < -0.4 is 5.32 Å². The quantitative estimate of drug-likeness (QED) is 0.757. The first-order valence-corrected chi connectivity index (χ1v) is 9.19. The molecule has 0 aromatic carbocycles. The second kappa shape index (κ2) is 6.40. The molecule has 2 atom stereocenters. The largest absolute Gasteiger partial charge is 0.481 e. The zero-order valence-corrected chi connectivity index (χ0v) is 15.0. The Morgan fingerprint density at radius 2 is 1.84 bits per heavy atom. The molecule has 0 amide bonds. The normalized spacial score (nSPS) is 28.1. The van der Waals surface area contributed by atoms with E-state index in [9.17, 15) is 14.3 Å². The first kappa shape index (κ1) is 16.5. The highest BCUT2D eigenvalue weighted by molar-refractivity contribution is 9.10. The van der Waals surface area contributed by atoms with Crippen molar-refractivity contribution < 1.29 is 14.3 Å². The Kier molecular flexibility index (Phi) is 4.23. The summed E-state index contributed by atoms with van der Waals surface area (Å²) in [4.78, 5) is 20.0. The maximum Gasteiger partial charge on any atom is 0.308 e. The summed E-state index contributed by atoms with van der Waals surface area (Å²) < 4.78 is 16.8. The van der Waals surface area contributed by atoms with E-state index in [0.717, 1.165) is 25.7 Å². The van der Waals surface area contributed by atoms with Crippen molar-refractivity contribution in [2.24, 2.45) is 17.8 Å². The molecule has 6 nitrogen and oxygen atoms in total. The predicted molar refractivity (Wildman–Crippen MR) is 93.0 cm³/mol. The fraction of sp³-hybridized carbons (Fsp3) is 0.471. The van der Waals surface area contributed by atoms with Crippen molar-refractivity contribution in [3.05, 3.63) is 35.1 Å². The van der Waals surface area contributed by atoms with Gasteiger partial charge in [0.1, 0.15) is 0 Å². The van der Waals surface area contributed by atoms with Crippen LogP contribution in [0.1, 0.15) is 25.7 Å². The second-order valence-electron chi connectivity index (χ2n) is 6.78. The minimum absolute atomic E-state index is 0.0503. The van der Waals surface area contributed by atoms with Crippen molar-refractivity contribution in [1.82, 2.24) is 14.5 Å². The summed E-state index contributed by atoms with van der Waals surface area (Å²) in [6.07, 6.45) is 7.22. The van der Waals surface area contributed by atoms with Crippen LogP contribution in [-0.4, -0.2) is 31.7 Å². The van der Waals surface area contributed by atoms with Crippen molar-refractivity contribution in [1.29, 1.82) is 0 Å². The number of rotatable bonds is 4. The number of aromatic nitrogens is 3. The summed E-state index contributed by atoms with van der Waals surface area (Å²) >= 11 is 3.22. The molecule has 25 heavy (non-hydrogen) atoms. The van der Waals surface area contributed by atoms with Gasteiger partial charge in [-0.1, -0.05) is 0 Å². The van der Waals surface area contributed by atoms with E-state index in [1.807, 2.05) is 0 Å². The lowest BCUT2D eigenvalue weighted by Gasteiger charge is -2.47. The summed E-state index contributed by atoms with van der Waals surface area (Å²) in [5.74, 6) is -1.34. The van der Waals surface area contributed by atoms with Crippen LogP contribution >= 0.6 is 15.9 Å². The highest BCUT2D eigenvalue weighted by atomic mass is 79.9. The lowest BCUT2D eigenvalue weighted by atomic mass is 9.61. The molecule has 2 bridgehead atoms.